The minimum atomic E-state index is -0.929. The lowest BCUT2D eigenvalue weighted by Crippen LogP contribution is -2.32. The molecular weight excluding hydrogens is 349 g/mol. The number of fused-ring (bicyclic) bond motifs is 2. The lowest BCUT2D eigenvalue weighted by Gasteiger charge is -2.24. The maximum absolute atomic E-state index is 14.5. The van der Waals surface area contributed by atoms with Crippen LogP contribution in [0.2, 0.25) is 0 Å². The van der Waals surface area contributed by atoms with Crippen LogP contribution in [-0.4, -0.2) is 29.1 Å². The molecule has 1 aliphatic heterocycles. The van der Waals surface area contributed by atoms with Crippen LogP contribution in [0.1, 0.15) is 38.9 Å². The predicted molar refractivity (Wildman–Crippen MR) is 98.3 cm³/mol. The van der Waals surface area contributed by atoms with Gasteiger partial charge in [-0.3, -0.25) is 9.59 Å². The van der Waals surface area contributed by atoms with Crippen LogP contribution in [0, 0.1) is 19.7 Å². The Hall–Kier alpha value is -2.99. The third kappa shape index (κ3) is 2.56. The highest BCUT2D eigenvalue weighted by Crippen LogP contribution is 2.39. The van der Waals surface area contributed by atoms with Crippen molar-refractivity contribution in [2.24, 2.45) is 0 Å². The number of aryl methyl sites for hydroxylation is 2. The first-order valence-electron chi connectivity index (χ1n) is 8.68. The Labute approximate surface area is 154 Å². The van der Waals surface area contributed by atoms with Gasteiger partial charge >= 0.3 is 0 Å². The largest absolute Gasteiger partial charge is 0.450 e. The van der Waals surface area contributed by atoms with Gasteiger partial charge in [-0.15, -0.1) is 0 Å². The lowest BCUT2D eigenvalue weighted by atomic mass is 9.96. The molecule has 138 valence electrons. The van der Waals surface area contributed by atoms with Gasteiger partial charge in [-0.1, -0.05) is 24.3 Å². The maximum atomic E-state index is 14.5. The molecule has 1 unspecified atom stereocenters. The zero-order chi connectivity index (χ0) is 19.3. The minimum Gasteiger partial charge on any atom is -0.450 e. The minimum absolute atomic E-state index is 0.0319. The SMILES string of the molecule is Cc1cc(C)c2c(=O)c3c(oc2c1)C(=O)N(CCO)C3c1ccccc1F. The molecule has 1 atom stereocenters. The van der Waals surface area contributed by atoms with Crippen LogP contribution in [0.3, 0.4) is 0 Å². The van der Waals surface area contributed by atoms with E-state index >= 15 is 0 Å². The van der Waals surface area contributed by atoms with E-state index in [1.807, 2.05) is 13.0 Å². The van der Waals surface area contributed by atoms with Gasteiger partial charge in [0.05, 0.1) is 23.6 Å². The molecule has 0 saturated heterocycles. The summed E-state index contributed by atoms with van der Waals surface area (Å²) >= 11 is 0. The van der Waals surface area contributed by atoms with Crippen LogP contribution in [-0.2, 0) is 0 Å². The molecule has 1 N–H and O–H groups in total. The second kappa shape index (κ2) is 6.32. The molecule has 4 rings (SSSR count). The Balaban J connectivity index is 2.08. The summed E-state index contributed by atoms with van der Waals surface area (Å²) < 4.78 is 20.4. The highest BCUT2D eigenvalue weighted by molar-refractivity contribution is 5.99. The summed E-state index contributed by atoms with van der Waals surface area (Å²) in [6, 6.07) is 8.67. The number of amides is 1. The number of carbonyl (C=O) groups excluding carboxylic acids is 1. The van der Waals surface area contributed by atoms with E-state index in [1.54, 1.807) is 31.2 Å². The number of hydrogen-bond donors (Lipinski definition) is 1. The van der Waals surface area contributed by atoms with E-state index in [2.05, 4.69) is 0 Å². The van der Waals surface area contributed by atoms with Crippen LogP contribution in [0.25, 0.3) is 11.0 Å². The molecule has 0 spiro atoms. The second-order valence-electron chi connectivity index (χ2n) is 6.78. The van der Waals surface area contributed by atoms with Crippen LogP contribution < -0.4 is 5.43 Å². The van der Waals surface area contributed by atoms with E-state index in [4.69, 9.17) is 4.42 Å². The van der Waals surface area contributed by atoms with Crippen molar-refractivity contribution in [3.05, 3.63) is 80.5 Å². The average molecular weight is 367 g/mol. The Morgan fingerprint density at radius 1 is 1.19 bits per heavy atom. The summed E-state index contributed by atoms with van der Waals surface area (Å²) in [5.41, 5.74) is 1.97. The fraction of sp³-hybridized carbons (Fsp3) is 0.238. The molecule has 0 saturated carbocycles. The van der Waals surface area contributed by atoms with E-state index in [0.717, 1.165) is 11.1 Å². The fourth-order valence-electron chi connectivity index (χ4n) is 3.87. The van der Waals surface area contributed by atoms with Gasteiger partial charge in [0.2, 0.25) is 5.76 Å². The first-order valence-corrected chi connectivity index (χ1v) is 8.68. The zero-order valence-corrected chi connectivity index (χ0v) is 15.0. The molecule has 1 aromatic heterocycles. The number of benzene rings is 2. The Morgan fingerprint density at radius 3 is 2.63 bits per heavy atom. The Bertz CT molecular complexity index is 1130. The molecule has 27 heavy (non-hydrogen) atoms. The van der Waals surface area contributed by atoms with Gasteiger partial charge in [-0.2, -0.15) is 0 Å². The van der Waals surface area contributed by atoms with E-state index < -0.39 is 17.8 Å². The summed E-state index contributed by atoms with van der Waals surface area (Å²) in [6.45, 7) is 3.34. The van der Waals surface area contributed by atoms with Crippen LogP contribution in [0.4, 0.5) is 4.39 Å². The molecule has 2 heterocycles. The molecule has 0 radical (unpaired) electrons. The molecule has 5 nitrogen and oxygen atoms in total. The first-order chi connectivity index (χ1) is 12.9. The molecule has 0 aliphatic carbocycles. The van der Waals surface area contributed by atoms with Crippen molar-refractivity contribution in [3.63, 3.8) is 0 Å². The van der Waals surface area contributed by atoms with Crippen molar-refractivity contribution in [1.82, 2.24) is 4.90 Å². The highest BCUT2D eigenvalue weighted by Gasteiger charge is 2.43. The number of carbonyl (C=O) groups is 1. The quantitative estimate of drug-likeness (QED) is 0.772. The Morgan fingerprint density at radius 2 is 1.93 bits per heavy atom. The number of aliphatic hydroxyl groups is 1. The highest BCUT2D eigenvalue weighted by atomic mass is 19.1. The summed E-state index contributed by atoms with van der Waals surface area (Å²) in [6.07, 6.45) is 0. The van der Waals surface area contributed by atoms with E-state index in [-0.39, 0.29) is 35.5 Å². The van der Waals surface area contributed by atoms with Gasteiger partial charge in [0.1, 0.15) is 11.4 Å². The van der Waals surface area contributed by atoms with Gasteiger partial charge in [-0.05, 0) is 37.1 Å². The topological polar surface area (TPSA) is 70.8 Å². The third-order valence-corrected chi connectivity index (χ3v) is 4.95. The average Bonchev–Trinajstić information content (AvgIpc) is 2.88. The summed E-state index contributed by atoms with van der Waals surface area (Å²) in [5.74, 6) is -1.13. The normalized spacial score (nSPS) is 16.2. The number of hydrogen-bond acceptors (Lipinski definition) is 4. The van der Waals surface area contributed by atoms with Gasteiger partial charge in [-0.25, -0.2) is 4.39 Å². The predicted octanol–water partition coefficient (Wildman–Crippen LogP) is 3.09. The molecular formula is C21H18FNO4. The summed E-state index contributed by atoms with van der Waals surface area (Å²) in [5, 5.41) is 9.79. The van der Waals surface area contributed by atoms with Crippen LogP contribution in [0.5, 0.6) is 0 Å². The number of halogens is 1. The molecule has 6 heteroatoms. The van der Waals surface area contributed by atoms with Gasteiger partial charge < -0.3 is 14.4 Å². The number of β-amino-alcohol motifs (C(OH)–C–C–N with tert-alkyl or cyclic N) is 1. The van der Waals surface area contributed by atoms with Gasteiger partial charge in [0.25, 0.3) is 5.91 Å². The van der Waals surface area contributed by atoms with Crippen molar-refractivity contribution in [2.45, 2.75) is 19.9 Å². The van der Waals surface area contributed by atoms with Crippen molar-refractivity contribution in [1.29, 1.82) is 0 Å². The first kappa shape index (κ1) is 17.4. The van der Waals surface area contributed by atoms with Crippen molar-refractivity contribution in [3.8, 4) is 0 Å². The Kier molecular flexibility index (Phi) is 4.08. The summed E-state index contributed by atoms with van der Waals surface area (Å²) in [7, 11) is 0. The van der Waals surface area contributed by atoms with Crippen molar-refractivity contribution in [2.75, 3.05) is 13.2 Å². The molecule has 2 aromatic carbocycles. The number of rotatable bonds is 3. The van der Waals surface area contributed by atoms with Crippen LogP contribution >= 0.6 is 0 Å². The van der Waals surface area contributed by atoms with E-state index in [9.17, 15) is 19.1 Å². The third-order valence-electron chi connectivity index (χ3n) is 4.95. The molecule has 0 fully saturated rings. The number of aliphatic hydroxyl groups excluding tert-OH is 1. The standard InChI is InChI=1S/C21H18FNO4/c1-11-9-12(2)16-15(10-11)27-20-17(19(16)25)18(23(7-8-24)21(20)26)13-5-3-4-6-14(13)22/h3-6,9-10,18,24H,7-8H2,1-2H3. The second-order valence-corrected chi connectivity index (χ2v) is 6.78. The molecule has 1 amide bonds. The zero-order valence-electron chi connectivity index (χ0n) is 15.0. The van der Waals surface area contributed by atoms with Crippen LogP contribution in [0.15, 0.2) is 45.6 Å². The maximum Gasteiger partial charge on any atom is 0.290 e. The van der Waals surface area contributed by atoms with Gasteiger partial charge in [0.15, 0.2) is 5.43 Å². The fourth-order valence-corrected chi connectivity index (χ4v) is 3.87. The lowest BCUT2D eigenvalue weighted by molar-refractivity contribution is 0.0689. The smallest absolute Gasteiger partial charge is 0.290 e. The van der Waals surface area contributed by atoms with E-state index in [1.165, 1.54) is 11.0 Å². The monoisotopic (exact) mass is 367 g/mol. The van der Waals surface area contributed by atoms with Gasteiger partial charge in [0, 0.05) is 12.1 Å². The number of nitrogens with zero attached hydrogens (tertiary/aromatic N) is 1. The van der Waals surface area contributed by atoms with Crippen molar-refractivity contribution >= 4 is 16.9 Å². The summed E-state index contributed by atoms with van der Waals surface area (Å²) in [4.78, 5) is 27.5. The van der Waals surface area contributed by atoms with Crippen molar-refractivity contribution < 1.29 is 18.7 Å². The molecule has 0 bridgehead atoms. The van der Waals surface area contributed by atoms with E-state index in [0.29, 0.717) is 11.0 Å². The molecule has 1 aliphatic rings. The molecule has 3 aromatic rings.